The Bertz CT molecular complexity index is 633. The van der Waals surface area contributed by atoms with E-state index in [0.29, 0.717) is 5.69 Å². The van der Waals surface area contributed by atoms with Crippen LogP contribution in [0.2, 0.25) is 0 Å². The molecular formula is C12H13NO2S3. The summed E-state index contributed by atoms with van der Waals surface area (Å²) in [6.45, 7) is 0. The van der Waals surface area contributed by atoms with Crippen molar-refractivity contribution in [2.24, 2.45) is 0 Å². The SMILES string of the molecule is CSc1ccc(-c2cccs2)c(NS(C)(=O)=O)c1. The van der Waals surface area contributed by atoms with Crippen LogP contribution in [-0.2, 0) is 10.0 Å². The van der Waals surface area contributed by atoms with Crippen molar-refractivity contribution in [1.29, 1.82) is 0 Å². The van der Waals surface area contributed by atoms with Crippen molar-refractivity contribution in [3.8, 4) is 10.4 Å². The monoisotopic (exact) mass is 299 g/mol. The number of thiophene rings is 1. The molecular weight excluding hydrogens is 286 g/mol. The molecule has 6 heteroatoms. The molecule has 0 saturated carbocycles. The van der Waals surface area contributed by atoms with Gasteiger partial charge in [-0.25, -0.2) is 8.42 Å². The molecule has 0 atom stereocenters. The number of anilines is 1. The standard InChI is InChI=1S/C12H13NO2S3/c1-16-9-5-6-10(12-4-3-7-17-12)11(8-9)13-18(2,14)15/h3-8,13H,1-2H3. The normalized spacial score (nSPS) is 11.4. The second-order valence-electron chi connectivity index (χ2n) is 3.76. The van der Waals surface area contributed by atoms with Crippen molar-refractivity contribution in [2.45, 2.75) is 4.90 Å². The molecule has 0 unspecified atom stereocenters. The Kier molecular flexibility index (Phi) is 3.99. The Morgan fingerprint density at radius 3 is 2.61 bits per heavy atom. The molecule has 1 N–H and O–H groups in total. The van der Waals surface area contributed by atoms with Gasteiger partial charge in [-0.05, 0) is 29.8 Å². The van der Waals surface area contributed by atoms with Crippen LogP contribution in [-0.4, -0.2) is 20.9 Å². The van der Waals surface area contributed by atoms with E-state index in [4.69, 9.17) is 0 Å². The summed E-state index contributed by atoms with van der Waals surface area (Å²) in [4.78, 5) is 2.08. The molecule has 0 aliphatic heterocycles. The van der Waals surface area contributed by atoms with Gasteiger partial charge in [-0.2, -0.15) is 0 Å². The van der Waals surface area contributed by atoms with Gasteiger partial charge in [0.25, 0.3) is 0 Å². The third-order valence-corrected chi connectivity index (χ3v) is 4.53. The fourth-order valence-corrected chi connectivity index (χ4v) is 3.36. The van der Waals surface area contributed by atoms with Crippen molar-refractivity contribution in [1.82, 2.24) is 0 Å². The molecule has 0 fully saturated rings. The molecule has 0 saturated heterocycles. The van der Waals surface area contributed by atoms with Gasteiger partial charge in [-0.3, -0.25) is 4.72 Å². The summed E-state index contributed by atoms with van der Waals surface area (Å²) < 4.78 is 25.4. The number of benzene rings is 1. The van der Waals surface area contributed by atoms with Gasteiger partial charge in [-0.1, -0.05) is 12.1 Å². The molecule has 96 valence electrons. The lowest BCUT2D eigenvalue weighted by molar-refractivity contribution is 0.607. The molecule has 2 rings (SSSR count). The number of hydrogen-bond donors (Lipinski definition) is 1. The zero-order valence-electron chi connectivity index (χ0n) is 10.0. The molecule has 3 nitrogen and oxygen atoms in total. The van der Waals surface area contributed by atoms with Crippen molar-refractivity contribution in [2.75, 3.05) is 17.2 Å². The van der Waals surface area contributed by atoms with Crippen LogP contribution in [0.3, 0.4) is 0 Å². The number of nitrogens with one attached hydrogen (secondary N) is 1. The fraction of sp³-hybridized carbons (Fsp3) is 0.167. The Labute approximate surface area is 115 Å². The quantitative estimate of drug-likeness (QED) is 0.879. The Hall–Kier alpha value is -0.980. The predicted molar refractivity (Wildman–Crippen MR) is 80.0 cm³/mol. The van der Waals surface area contributed by atoms with Crippen LogP contribution in [0, 0.1) is 0 Å². The number of hydrogen-bond acceptors (Lipinski definition) is 4. The van der Waals surface area contributed by atoms with Crippen molar-refractivity contribution < 1.29 is 8.42 Å². The lowest BCUT2D eigenvalue weighted by atomic mass is 10.1. The van der Waals surface area contributed by atoms with E-state index in [1.165, 1.54) is 0 Å². The second-order valence-corrected chi connectivity index (χ2v) is 7.34. The summed E-state index contributed by atoms with van der Waals surface area (Å²) in [7, 11) is -3.27. The maximum atomic E-state index is 11.4. The lowest BCUT2D eigenvalue weighted by Crippen LogP contribution is -2.10. The number of sulfonamides is 1. The molecule has 18 heavy (non-hydrogen) atoms. The molecule has 1 heterocycles. The first-order valence-corrected chi connectivity index (χ1v) is 9.19. The molecule has 1 aromatic heterocycles. The number of thioether (sulfide) groups is 1. The molecule has 0 amide bonds. The van der Waals surface area contributed by atoms with Crippen LogP contribution in [0.5, 0.6) is 0 Å². The molecule has 1 aromatic carbocycles. The highest BCUT2D eigenvalue weighted by Crippen LogP contribution is 2.34. The Morgan fingerprint density at radius 2 is 2.06 bits per heavy atom. The van der Waals surface area contributed by atoms with E-state index >= 15 is 0 Å². The van der Waals surface area contributed by atoms with Crippen LogP contribution in [0.1, 0.15) is 0 Å². The summed E-state index contributed by atoms with van der Waals surface area (Å²) in [5.74, 6) is 0. The first kappa shape index (κ1) is 13.5. The van der Waals surface area contributed by atoms with Gasteiger partial charge < -0.3 is 0 Å². The first-order valence-electron chi connectivity index (χ1n) is 5.19. The Balaban J connectivity index is 2.52. The van der Waals surface area contributed by atoms with Gasteiger partial charge in [0.1, 0.15) is 0 Å². The summed E-state index contributed by atoms with van der Waals surface area (Å²) >= 11 is 3.17. The second kappa shape index (κ2) is 5.34. The molecule has 0 spiro atoms. The summed E-state index contributed by atoms with van der Waals surface area (Å²) in [6, 6.07) is 9.73. The number of rotatable bonds is 4. The minimum absolute atomic E-state index is 0.631. The smallest absolute Gasteiger partial charge is 0.229 e. The highest BCUT2D eigenvalue weighted by Gasteiger charge is 2.10. The van der Waals surface area contributed by atoms with E-state index in [-0.39, 0.29) is 0 Å². The predicted octanol–water partition coefficient (Wildman–Crippen LogP) is 3.51. The lowest BCUT2D eigenvalue weighted by Gasteiger charge is -2.11. The zero-order chi connectivity index (χ0) is 13.2. The minimum Gasteiger partial charge on any atom is -0.283 e. The molecule has 0 aliphatic rings. The van der Waals surface area contributed by atoms with Crippen LogP contribution in [0.4, 0.5) is 5.69 Å². The van der Waals surface area contributed by atoms with E-state index in [1.807, 2.05) is 42.0 Å². The van der Waals surface area contributed by atoms with Gasteiger partial charge in [0.05, 0.1) is 11.9 Å². The first-order chi connectivity index (χ1) is 8.49. The third kappa shape index (κ3) is 3.28. The van der Waals surface area contributed by atoms with Gasteiger partial charge in [-0.15, -0.1) is 23.1 Å². The maximum Gasteiger partial charge on any atom is 0.229 e. The van der Waals surface area contributed by atoms with Crippen molar-refractivity contribution >= 4 is 38.8 Å². The van der Waals surface area contributed by atoms with Crippen LogP contribution in [0.15, 0.2) is 40.6 Å². The maximum absolute atomic E-state index is 11.4. The topological polar surface area (TPSA) is 46.2 Å². The minimum atomic E-state index is -3.27. The summed E-state index contributed by atoms with van der Waals surface area (Å²) in [5.41, 5.74) is 1.54. The summed E-state index contributed by atoms with van der Waals surface area (Å²) in [6.07, 6.45) is 3.13. The van der Waals surface area contributed by atoms with Gasteiger partial charge in [0.15, 0.2) is 0 Å². The van der Waals surface area contributed by atoms with E-state index in [1.54, 1.807) is 23.1 Å². The average molecular weight is 299 g/mol. The van der Waals surface area contributed by atoms with Gasteiger partial charge >= 0.3 is 0 Å². The molecule has 0 bridgehead atoms. The fourth-order valence-electron chi connectivity index (χ4n) is 1.58. The van der Waals surface area contributed by atoms with Crippen LogP contribution >= 0.6 is 23.1 Å². The van der Waals surface area contributed by atoms with Crippen LogP contribution < -0.4 is 4.72 Å². The van der Waals surface area contributed by atoms with Gasteiger partial charge in [0, 0.05) is 15.3 Å². The van der Waals surface area contributed by atoms with Crippen LogP contribution in [0.25, 0.3) is 10.4 Å². The van der Waals surface area contributed by atoms with E-state index in [2.05, 4.69) is 4.72 Å². The van der Waals surface area contributed by atoms with Crippen molar-refractivity contribution in [3.05, 3.63) is 35.7 Å². The van der Waals surface area contributed by atoms with E-state index in [0.717, 1.165) is 21.6 Å². The molecule has 0 aliphatic carbocycles. The molecule has 2 aromatic rings. The average Bonchev–Trinajstić information content (AvgIpc) is 2.80. The Morgan fingerprint density at radius 1 is 1.28 bits per heavy atom. The third-order valence-electron chi connectivity index (χ3n) is 2.31. The van der Waals surface area contributed by atoms with Gasteiger partial charge in [0.2, 0.25) is 10.0 Å². The summed E-state index contributed by atoms with van der Waals surface area (Å²) in [5, 5.41) is 1.97. The molecule has 0 radical (unpaired) electrons. The zero-order valence-corrected chi connectivity index (χ0v) is 12.5. The van der Waals surface area contributed by atoms with E-state index < -0.39 is 10.0 Å². The highest BCUT2D eigenvalue weighted by atomic mass is 32.2. The van der Waals surface area contributed by atoms with Crippen molar-refractivity contribution in [3.63, 3.8) is 0 Å². The van der Waals surface area contributed by atoms with E-state index in [9.17, 15) is 8.42 Å². The largest absolute Gasteiger partial charge is 0.283 e. The highest BCUT2D eigenvalue weighted by molar-refractivity contribution is 7.98.